The third-order valence-electron chi connectivity index (χ3n) is 3.93. The monoisotopic (exact) mass is 319 g/mol. The number of fused-ring (bicyclic) bond motifs is 1. The molecular formula is C18H16F3NO. The fourth-order valence-corrected chi connectivity index (χ4v) is 2.71. The Kier molecular flexibility index (Phi) is 3.80. The van der Waals surface area contributed by atoms with Crippen LogP contribution in [0.25, 0.3) is 10.9 Å². The number of hydrogen-bond donors (Lipinski definition) is 0. The number of alkyl halides is 3. The number of aromatic nitrogens is 1. The Balaban J connectivity index is 1.79. The molecule has 2 aromatic carbocycles. The fraction of sp³-hybridized carbons (Fsp3) is 0.222. The molecule has 0 fully saturated rings. The lowest BCUT2D eigenvalue weighted by Gasteiger charge is -2.10. The van der Waals surface area contributed by atoms with Crippen molar-refractivity contribution in [2.75, 3.05) is 0 Å². The molecule has 0 aliphatic carbocycles. The summed E-state index contributed by atoms with van der Waals surface area (Å²) in [5, 5.41) is 1.12. The SMILES string of the molecule is Cc1cccc2cc(COc3ccc(C(F)(F)F)cc3)n(C)c12. The summed E-state index contributed by atoms with van der Waals surface area (Å²) in [5.41, 5.74) is 2.60. The van der Waals surface area contributed by atoms with Crippen molar-refractivity contribution in [2.45, 2.75) is 19.7 Å². The minimum absolute atomic E-state index is 0.302. The van der Waals surface area contributed by atoms with Crippen LogP contribution in [-0.4, -0.2) is 4.57 Å². The maximum absolute atomic E-state index is 12.5. The maximum Gasteiger partial charge on any atom is 0.416 e. The van der Waals surface area contributed by atoms with Gasteiger partial charge >= 0.3 is 6.18 Å². The first-order chi connectivity index (χ1) is 10.9. The van der Waals surface area contributed by atoms with E-state index < -0.39 is 11.7 Å². The first-order valence-corrected chi connectivity index (χ1v) is 7.20. The summed E-state index contributed by atoms with van der Waals surface area (Å²) in [7, 11) is 1.96. The molecule has 0 amide bonds. The molecule has 0 N–H and O–H groups in total. The normalized spacial score (nSPS) is 11.9. The van der Waals surface area contributed by atoms with Crippen LogP contribution in [0.15, 0.2) is 48.5 Å². The first-order valence-electron chi connectivity index (χ1n) is 7.20. The topological polar surface area (TPSA) is 14.2 Å². The van der Waals surface area contributed by atoms with E-state index in [0.717, 1.165) is 28.7 Å². The van der Waals surface area contributed by atoms with Gasteiger partial charge in [0.25, 0.3) is 0 Å². The fourth-order valence-electron chi connectivity index (χ4n) is 2.71. The van der Waals surface area contributed by atoms with Crippen LogP contribution in [0.5, 0.6) is 5.75 Å². The number of hydrogen-bond acceptors (Lipinski definition) is 1. The molecule has 120 valence electrons. The van der Waals surface area contributed by atoms with Gasteiger partial charge in [-0.05, 0) is 42.8 Å². The van der Waals surface area contributed by atoms with E-state index in [-0.39, 0.29) is 0 Å². The average Bonchev–Trinajstić information content (AvgIpc) is 2.82. The molecule has 0 atom stereocenters. The summed E-state index contributed by atoms with van der Waals surface area (Å²) in [6, 6.07) is 12.9. The van der Waals surface area contributed by atoms with Crippen molar-refractivity contribution in [3.05, 3.63) is 65.4 Å². The first kappa shape index (κ1) is 15.5. The molecule has 0 spiro atoms. The van der Waals surface area contributed by atoms with Crippen LogP contribution in [0, 0.1) is 6.92 Å². The Bertz CT molecular complexity index is 832. The van der Waals surface area contributed by atoms with E-state index in [1.165, 1.54) is 17.7 Å². The number of aryl methyl sites for hydroxylation is 2. The summed E-state index contributed by atoms with van der Waals surface area (Å²) in [6.45, 7) is 2.35. The number of halogens is 3. The van der Waals surface area contributed by atoms with Gasteiger partial charge in [-0.3, -0.25) is 0 Å². The Morgan fingerprint density at radius 3 is 2.35 bits per heavy atom. The van der Waals surface area contributed by atoms with Crippen molar-refractivity contribution < 1.29 is 17.9 Å². The number of rotatable bonds is 3. The molecule has 1 aromatic heterocycles. The zero-order valence-corrected chi connectivity index (χ0v) is 12.8. The highest BCUT2D eigenvalue weighted by atomic mass is 19.4. The lowest BCUT2D eigenvalue weighted by molar-refractivity contribution is -0.137. The number of para-hydroxylation sites is 1. The molecule has 3 aromatic rings. The average molecular weight is 319 g/mol. The Labute approximate surface area is 132 Å². The molecule has 0 radical (unpaired) electrons. The van der Waals surface area contributed by atoms with Gasteiger partial charge in [0, 0.05) is 12.4 Å². The molecule has 1 heterocycles. The Hall–Kier alpha value is -2.43. The molecule has 2 nitrogen and oxygen atoms in total. The lowest BCUT2D eigenvalue weighted by Crippen LogP contribution is -2.05. The predicted octanol–water partition coefficient (Wildman–Crippen LogP) is 5.08. The molecule has 5 heteroatoms. The van der Waals surface area contributed by atoms with Crippen molar-refractivity contribution in [3.8, 4) is 5.75 Å². The van der Waals surface area contributed by atoms with E-state index in [9.17, 15) is 13.2 Å². The van der Waals surface area contributed by atoms with Gasteiger partial charge in [-0.2, -0.15) is 13.2 Å². The summed E-state index contributed by atoms with van der Waals surface area (Å²) in [5.74, 6) is 0.417. The van der Waals surface area contributed by atoms with Crippen LogP contribution in [0.1, 0.15) is 16.8 Å². The van der Waals surface area contributed by atoms with Crippen molar-refractivity contribution >= 4 is 10.9 Å². The lowest BCUT2D eigenvalue weighted by atomic mass is 10.2. The van der Waals surface area contributed by atoms with Gasteiger partial charge in [-0.15, -0.1) is 0 Å². The molecule has 0 bridgehead atoms. The van der Waals surface area contributed by atoms with E-state index in [4.69, 9.17) is 4.74 Å². The number of nitrogens with zero attached hydrogens (tertiary/aromatic N) is 1. The van der Waals surface area contributed by atoms with E-state index >= 15 is 0 Å². The summed E-state index contributed by atoms with van der Waals surface area (Å²) in [6.07, 6.45) is -4.33. The molecule has 3 rings (SSSR count). The van der Waals surface area contributed by atoms with Crippen LogP contribution in [0.4, 0.5) is 13.2 Å². The highest BCUT2D eigenvalue weighted by Gasteiger charge is 2.30. The number of ether oxygens (including phenoxy) is 1. The predicted molar refractivity (Wildman–Crippen MR) is 83.4 cm³/mol. The highest BCUT2D eigenvalue weighted by molar-refractivity contribution is 5.84. The Morgan fingerprint density at radius 1 is 1.04 bits per heavy atom. The van der Waals surface area contributed by atoms with Gasteiger partial charge in [0.15, 0.2) is 0 Å². The van der Waals surface area contributed by atoms with Gasteiger partial charge in [0.1, 0.15) is 12.4 Å². The van der Waals surface area contributed by atoms with E-state index in [1.54, 1.807) is 0 Å². The molecule has 0 unspecified atom stereocenters. The summed E-state index contributed by atoms with van der Waals surface area (Å²) < 4.78 is 45.3. The van der Waals surface area contributed by atoms with Gasteiger partial charge < -0.3 is 9.30 Å². The van der Waals surface area contributed by atoms with Gasteiger partial charge in [0.2, 0.25) is 0 Å². The van der Waals surface area contributed by atoms with Crippen molar-refractivity contribution in [1.82, 2.24) is 4.57 Å². The van der Waals surface area contributed by atoms with Crippen LogP contribution >= 0.6 is 0 Å². The second kappa shape index (κ2) is 5.65. The largest absolute Gasteiger partial charge is 0.487 e. The third kappa shape index (κ3) is 3.04. The van der Waals surface area contributed by atoms with Crippen LogP contribution in [0.2, 0.25) is 0 Å². The molecule has 0 saturated heterocycles. The van der Waals surface area contributed by atoms with Crippen molar-refractivity contribution in [2.24, 2.45) is 7.05 Å². The molecule has 0 aliphatic heterocycles. The van der Waals surface area contributed by atoms with Crippen LogP contribution < -0.4 is 4.74 Å². The molecule has 0 saturated carbocycles. The van der Waals surface area contributed by atoms with Crippen molar-refractivity contribution in [1.29, 1.82) is 0 Å². The van der Waals surface area contributed by atoms with Crippen LogP contribution in [-0.2, 0) is 19.8 Å². The second-order valence-corrected chi connectivity index (χ2v) is 5.52. The molecule has 0 aliphatic rings. The smallest absolute Gasteiger partial charge is 0.416 e. The molecule has 23 heavy (non-hydrogen) atoms. The highest BCUT2D eigenvalue weighted by Crippen LogP contribution is 2.30. The maximum atomic E-state index is 12.5. The quantitative estimate of drug-likeness (QED) is 0.656. The van der Waals surface area contributed by atoms with E-state index in [0.29, 0.717) is 12.4 Å². The van der Waals surface area contributed by atoms with Crippen molar-refractivity contribution in [3.63, 3.8) is 0 Å². The van der Waals surface area contributed by atoms with Gasteiger partial charge in [-0.25, -0.2) is 0 Å². The van der Waals surface area contributed by atoms with E-state index in [2.05, 4.69) is 4.57 Å². The standard InChI is InChI=1S/C18H16F3NO/c1-12-4-3-5-13-10-15(22(2)17(12)13)11-23-16-8-6-14(7-9-16)18(19,20)21/h3-10H,11H2,1-2H3. The number of benzene rings is 2. The van der Waals surface area contributed by atoms with Gasteiger partial charge in [-0.1, -0.05) is 18.2 Å². The van der Waals surface area contributed by atoms with E-state index in [1.807, 2.05) is 38.2 Å². The summed E-state index contributed by atoms with van der Waals surface area (Å²) >= 11 is 0. The zero-order chi connectivity index (χ0) is 16.6. The molecular weight excluding hydrogens is 303 g/mol. The Morgan fingerprint density at radius 2 is 1.74 bits per heavy atom. The zero-order valence-electron chi connectivity index (χ0n) is 12.8. The van der Waals surface area contributed by atoms with Crippen LogP contribution in [0.3, 0.4) is 0 Å². The minimum atomic E-state index is -4.33. The second-order valence-electron chi connectivity index (χ2n) is 5.52. The minimum Gasteiger partial charge on any atom is -0.487 e. The summed E-state index contributed by atoms with van der Waals surface area (Å²) in [4.78, 5) is 0. The van der Waals surface area contributed by atoms with Gasteiger partial charge in [0.05, 0.1) is 16.8 Å². The third-order valence-corrected chi connectivity index (χ3v) is 3.93.